The Hall–Kier alpha value is -1.12. The van der Waals surface area contributed by atoms with Crippen molar-refractivity contribution in [3.8, 4) is 6.07 Å². The van der Waals surface area contributed by atoms with Gasteiger partial charge in [-0.05, 0) is 12.8 Å². The second-order valence-corrected chi connectivity index (χ2v) is 2.06. The number of hydrogen-bond donors (Lipinski definition) is 1. The molecule has 1 heterocycles. The zero-order chi connectivity index (χ0) is 8.69. The molecule has 5 nitrogen and oxygen atoms in total. The van der Waals surface area contributed by atoms with Crippen molar-refractivity contribution in [3.63, 3.8) is 0 Å². The molecule has 0 aliphatic carbocycles. The number of rotatable bonds is 1. The van der Waals surface area contributed by atoms with E-state index >= 15 is 0 Å². The molecular weight excluding hydrogens is 162 g/mol. The Morgan fingerprint density at radius 2 is 2.25 bits per heavy atom. The fourth-order valence-corrected chi connectivity index (χ4v) is 0.772. The van der Waals surface area contributed by atoms with E-state index in [1.165, 1.54) is 6.92 Å². The lowest BCUT2D eigenvalue weighted by molar-refractivity contribution is -0.147. The molecule has 0 amide bonds. The van der Waals surface area contributed by atoms with Gasteiger partial charge in [0.15, 0.2) is 6.10 Å². The molecule has 12 heavy (non-hydrogen) atoms. The van der Waals surface area contributed by atoms with Gasteiger partial charge in [0.25, 0.3) is 0 Å². The van der Waals surface area contributed by atoms with Crippen LogP contribution in [-0.4, -0.2) is 29.3 Å². The smallest absolute Gasteiger partial charge is 0.332 e. The van der Waals surface area contributed by atoms with E-state index in [4.69, 9.17) is 15.1 Å². The van der Waals surface area contributed by atoms with Gasteiger partial charge in [-0.25, -0.2) is 4.79 Å². The third-order valence-electron chi connectivity index (χ3n) is 1.21. The third-order valence-corrected chi connectivity index (χ3v) is 1.21. The molecule has 0 spiro atoms. The molecule has 5 heteroatoms. The molecule has 1 aliphatic rings. The summed E-state index contributed by atoms with van der Waals surface area (Å²) in [6.07, 6.45) is 1.04. The van der Waals surface area contributed by atoms with Gasteiger partial charge < -0.3 is 15.3 Å². The zero-order valence-corrected chi connectivity index (χ0v) is 6.91. The van der Waals surface area contributed by atoms with Crippen molar-refractivity contribution < 1.29 is 20.1 Å². The number of aliphatic carboxylic acids is 1. The first-order valence-corrected chi connectivity index (χ1v) is 3.37. The molecule has 0 saturated carbocycles. The molecule has 0 bridgehead atoms. The Kier molecular flexibility index (Phi) is 8.96. The molecule has 0 radical (unpaired) electrons. The second-order valence-electron chi connectivity index (χ2n) is 2.06. The van der Waals surface area contributed by atoms with Crippen LogP contribution >= 0.6 is 0 Å². The van der Waals surface area contributed by atoms with Crippen molar-refractivity contribution in [2.75, 3.05) is 6.61 Å². The predicted molar refractivity (Wildman–Crippen MR) is 41.5 cm³/mol. The lowest BCUT2D eigenvalue weighted by Crippen LogP contribution is -2.17. The second kappa shape index (κ2) is 7.98. The van der Waals surface area contributed by atoms with E-state index in [-0.39, 0.29) is 5.48 Å². The summed E-state index contributed by atoms with van der Waals surface area (Å²) in [6, 6.07) is 1.75. The molecule has 1 unspecified atom stereocenters. The van der Waals surface area contributed by atoms with Gasteiger partial charge in [-0.15, -0.1) is 0 Å². The van der Waals surface area contributed by atoms with Crippen molar-refractivity contribution in [1.29, 1.82) is 5.26 Å². The van der Waals surface area contributed by atoms with E-state index in [0.29, 0.717) is 13.0 Å². The fraction of sp³-hybridized carbons (Fsp3) is 0.714. The number of ether oxygens (including phenoxy) is 1. The van der Waals surface area contributed by atoms with Crippen LogP contribution in [-0.2, 0) is 9.53 Å². The maximum absolute atomic E-state index is 10.1. The summed E-state index contributed by atoms with van der Waals surface area (Å²) in [5.41, 5.74) is 0. The number of hydrogen-bond acceptors (Lipinski definition) is 3. The topological polar surface area (TPSA) is 102 Å². The van der Waals surface area contributed by atoms with E-state index in [9.17, 15) is 4.79 Å². The largest absolute Gasteiger partial charge is 0.479 e. The van der Waals surface area contributed by atoms with Crippen LogP contribution < -0.4 is 0 Å². The maximum atomic E-state index is 10.1. The molecule has 0 aromatic heterocycles. The van der Waals surface area contributed by atoms with Gasteiger partial charge in [0, 0.05) is 13.5 Å². The number of nitrogens with zero attached hydrogens (tertiary/aromatic N) is 1. The van der Waals surface area contributed by atoms with Gasteiger partial charge in [-0.3, -0.25) is 0 Å². The zero-order valence-electron chi connectivity index (χ0n) is 6.91. The minimum Gasteiger partial charge on any atom is -0.479 e. The first-order chi connectivity index (χ1) is 5.22. The van der Waals surface area contributed by atoms with Crippen molar-refractivity contribution >= 4 is 5.97 Å². The van der Waals surface area contributed by atoms with Gasteiger partial charge in [0.05, 0.1) is 6.07 Å². The molecule has 1 rings (SSSR count). The number of carboxylic acids is 1. The Labute approximate surface area is 70.9 Å². The van der Waals surface area contributed by atoms with Crippen LogP contribution in [0.15, 0.2) is 0 Å². The molecule has 1 saturated heterocycles. The summed E-state index contributed by atoms with van der Waals surface area (Å²) in [5.74, 6) is -0.831. The lowest BCUT2D eigenvalue weighted by Gasteiger charge is -1.98. The summed E-state index contributed by atoms with van der Waals surface area (Å²) in [6.45, 7) is 2.04. The van der Waals surface area contributed by atoms with Gasteiger partial charge in [-0.2, -0.15) is 5.26 Å². The van der Waals surface area contributed by atoms with Gasteiger partial charge >= 0.3 is 5.97 Å². The van der Waals surface area contributed by atoms with Crippen molar-refractivity contribution in [1.82, 2.24) is 0 Å². The van der Waals surface area contributed by atoms with Crippen LogP contribution in [0.25, 0.3) is 0 Å². The quantitative estimate of drug-likeness (QED) is 0.603. The summed E-state index contributed by atoms with van der Waals surface area (Å²) >= 11 is 0. The highest BCUT2D eigenvalue weighted by Crippen LogP contribution is 2.10. The standard InChI is InChI=1S/C5H8O3.C2H3N.H2O/c6-5(7)4-2-1-3-8-4;1-2-3;/h4H,1-3H2,(H,6,7);1H3;1H2. The van der Waals surface area contributed by atoms with Crippen LogP contribution in [0.4, 0.5) is 0 Å². The van der Waals surface area contributed by atoms with Crippen LogP contribution in [0.5, 0.6) is 0 Å². The van der Waals surface area contributed by atoms with E-state index in [2.05, 4.69) is 0 Å². The lowest BCUT2D eigenvalue weighted by atomic mass is 10.2. The van der Waals surface area contributed by atoms with E-state index in [0.717, 1.165) is 6.42 Å². The molecule has 1 atom stereocenters. The van der Waals surface area contributed by atoms with Gasteiger partial charge in [0.1, 0.15) is 0 Å². The fourth-order valence-electron chi connectivity index (χ4n) is 0.772. The molecular formula is C7H13NO4. The minimum atomic E-state index is -0.831. The highest BCUT2D eigenvalue weighted by atomic mass is 16.5. The van der Waals surface area contributed by atoms with Crippen LogP contribution in [0.1, 0.15) is 19.8 Å². The molecule has 0 aromatic rings. The first kappa shape index (κ1) is 13.5. The predicted octanol–water partition coefficient (Wildman–Crippen LogP) is -0.0448. The summed E-state index contributed by atoms with van der Waals surface area (Å²) < 4.78 is 4.81. The molecule has 70 valence electrons. The SMILES string of the molecule is CC#N.O.O=C(O)C1CCCO1. The highest BCUT2D eigenvalue weighted by molar-refractivity contribution is 5.72. The van der Waals surface area contributed by atoms with Crippen molar-refractivity contribution in [2.24, 2.45) is 0 Å². The summed E-state index contributed by atoms with van der Waals surface area (Å²) in [4.78, 5) is 10.1. The highest BCUT2D eigenvalue weighted by Gasteiger charge is 2.21. The van der Waals surface area contributed by atoms with E-state index < -0.39 is 12.1 Å². The third kappa shape index (κ3) is 5.65. The van der Waals surface area contributed by atoms with E-state index in [1.54, 1.807) is 6.07 Å². The van der Waals surface area contributed by atoms with Gasteiger partial charge in [0.2, 0.25) is 0 Å². The number of carboxylic acid groups (broad SMARTS) is 1. The number of nitriles is 1. The van der Waals surface area contributed by atoms with Crippen LogP contribution in [0.2, 0.25) is 0 Å². The normalized spacial score (nSPS) is 19.5. The first-order valence-electron chi connectivity index (χ1n) is 3.37. The Morgan fingerprint density at radius 1 is 1.75 bits per heavy atom. The number of carbonyl (C=O) groups is 1. The molecule has 1 aliphatic heterocycles. The summed E-state index contributed by atoms with van der Waals surface area (Å²) in [7, 11) is 0. The Balaban J connectivity index is 0. The summed E-state index contributed by atoms with van der Waals surface area (Å²) in [5, 5.41) is 15.6. The average molecular weight is 175 g/mol. The molecule has 0 aromatic carbocycles. The average Bonchev–Trinajstić information content (AvgIpc) is 2.38. The Morgan fingerprint density at radius 3 is 2.42 bits per heavy atom. The van der Waals surface area contributed by atoms with Crippen molar-refractivity contribution in [2.45, 2.75) is 25.9 Å². The Bertz CT molecular complexity index is 157. The van der Waals surface area contributed by atoms with Crippen LogP contribution in [0, 0.1) is 11.3 Å². The minimum absolute atomic E-state index is 0. The van der Waals surface area contributed by atoms with Crippen molar-refractivity contribution in [3.05, 3.63) is 0 Å². The van der Waals surface area contributed by atoms with E-state index in [1.807, 2.05) is 0 Å². The molecule has 1 fully saturated rings. The monoisotopic (exact) mass is 175 g/mol. The van der Waals surface area contributed by atoms with Gasteiger partial charge in [-0.1, -0.05) is 0 Å². The maximum Gasteiger partial charge on any atom is 0.332 e. The van der Waals surface area contributed by atoms with Crippen LogP contribution in [0.3, 0.4) is 0 Å². The molecule has 3 N–H and O–H groups in total.